The first-order valence-electron chi connectivity index (χ1n) is 36.6. The summed E-state index contributed by atoms with van der Waals surface area (Å²) in [4.78, 5) is 12.6. The lowest BCUT2D eigenvalue weighted by Crippen LogP contribution is -2.45. The van der Waals surface area contributed by atoms with E-state index in [4.69, 9.17) is 0 Å². The monoisotopic (exact) mass is 1100 g/mol. The van der Waals surface area contributed by atoms with Crippen molar-refractivity contribution in [3.05, 3.63) is 24.3 Å². The summed E-state index contributed by atoms with van der Waals surface area (Å²) in [6, 6.07) is -0.621. The molecule has 0 spiro atoms. The van der Waals surface area contributed by atoms with Gasteiger partial charge in [-0.05, 0) is 44.9 Å². The van der Waals surface area contributed by atoms with Crippen molar-refractivity contribution in [3.63, 3.8) is 0 Å². The number of nitrogens with one attached hydrogen (secondary N) is 1. The van der Waals surface area contributed by atoms with Crippen LogP contribution in [0.3, 0.4) is 0 Å². The lowest BCUT2D eigenvalue weighted by atomic mass is 10.0. The van der Waals surface area contributed by atoms with Gasteiger partial charge < -0.3 is 15.5 Å². The lowest BCUT2D eigenvalue weighted by Gasteiger charge is -2.20. The van der Waals surface area contributed by atoms with Crippen LogP contribution < -0.4 is 5.32 Å². The van der Waals surface area contributed by atoms with Gasteiger partial charge >= 0.3 is 0 Å². The molecule has 0 aromatic carbocycles. The van der Waals surface area contributed by atoms with Gasteiger partial charge in [0.1, 0.15) is 0 Å². The van der Waals surface area contributed by atoms with Crippen LogP contribution in [0.25, 0.3) is 0 Å². The molecule has 0 aromatic heterocycles. The number of unbranched alkanes of at least 4 members (excludes halogenated alkanes) is 60. The molecule has 0 rings (SSSR count). The number of carbonyl (C=O) groups is 1. The third kappa shape index (κ3) is 65.7. The Balaban J connectivity index is 3.39. The van der Waals surface area contributed by atoms with Gasteiger partial charge in [-0.15, -0.1) is 0 Å². The zero-order chi connectivity index (χ0) is 56.2. The number of aliphatic hydroxyl groups is 2. The Morgan fingerprint density at radius 2 is 0.487 bits per heavy atom. The average Bonchev–Trinajstić information content (AvgIpc) is 3.44. The van der Waals surface area contributed by atoms with Gasteiger partial charge in [-0.25, -0.2) is 0 Å². The molecule has 2 atom stereocenters. The fourth-order valence-electron chi connectivity index (χ4n) is 11.9. The molecule has 0 aliphatic carbocycles. The SMILES string of the molecule is CCCCCCCCCC/C=C\CCCCCCCCCCCCCCCCCCCCCCCCCC(=O)NC(CO)C(O)/C=C/CCCCCCCCCCCCCCCCCCCCCCCCCCCCCCC. The van der Waals surface area contributed by atoms with Crippen molar-refractivity contribution in [1.82, 2.24) is 5.32 Å². The predicted octanol–water partition coefficient (Wildman–Crippen LogP) is 24.9. The largest absolute Gasteiger partial charge is 0.394 e. The van der Waals surface area contributed by atoms with Crippen molar-refractivity contribution >= 4 is 5.91 Å². The summed E-state index contributed by atoms with van der Waals surface area (Å²) in [5.74, 6) is -0.0537. The molecule has 4 heteroatoms. The van der Waals surface area contributed by atoms with E-state index in [2.05, 4.69) is 31.3 Å². The molecule has 1 amide bonds. The molecule has 0 aliphatic heterocycles. The molecule has 4 nitrogen and oxygen atoms in total. The molecule has 0 fully saturated rings. The fourth-order valence-corrected chi connectivity index (χ4v) is 11.9. The first kappa shape index (κ1) is 76.9. The van der Waals surface area contributed by atoms with Crippen molar-refractivity contribution < 1.29 is 15.0 Å². The van der Waals surface area contributed by atoms with E-state index < -0.39 is 12.1 Å². The number of amides is 1. The maximum Gasteiger partial charge on any atom is 0.220 e. The Hall–Kier alpha value is -1.13. The molecule has 0 saturated heterocycles. The summed E-state index contributed by atoms with van der Waals surface area (Å²) in [6.45, 7) is 4.36. The average molecular weight is 1100 g/mol. The molecule has 0 heterocycles. The Kier molecular flexibility index (Phi) is 69.1. The van der Waals surface area contributed by atoms with Crippen LogP contribution in [0.15, 0.2) is 24.3 Å². The van der Waals surface area contributed by atoms with Crippen LogP contribution in [0.5, 0.6) is 0 Å². The van der Waals surface area contributed by atoms with Crippen LogP contribution in [-0.2, 0) is 4.79 Å². The van der Waals surface area contributed by atoms with Crippen LogP contribution in [0.4, 0.5) is 0 Å². The third-order valence-electron chi connectivity index (χ3n) is 17.4. The fraction of sp³-hybridized carbons (Fsp3) is 0.932. The summed E-state index contributed by atoms with van der Waals surface area (Å²) in [5.41, 5.74) is 0. The molecular weight excluding hydrogens is 951 g/mol. The van der Waals surface area contributed by atoms with Crippen LogP contribution in [0.1, 0.15) is 425 Å². The molecule has 0 bridgehead atoms. The number of hydrogen-bond donors (Lipinski definition) is 3. The van der Waals surface area contributed by atoms with Gasteiger partial charge in [0, 0.05) is 6.42 Å². The standard InChI is InChI=1S/C74H145NO3/c1-3-5-7-9-11-13-15-17-19-21-23-25-27-29-31-33-35-36-37-38-40-42-44-46-48-50-52-54-56-58-60-62-64-66-68-70-74(78)75-72(71-76)73(77)69-67-65-63-61-59-57-55-53-51-49-47-45-43-41-39-34-32-30-28-26-24-22-20-18-16-14-12-10-8-6-4-2/h21,23,67,69,72-73,76-77H,3-20,22,24-66,68,70-71H2,1-2H3,(H,75,78)/b23-21-,69-67+. The second kappa shape index (κ2) is 70.1. The number of hydrogen-bond acceptors (Lipinski definition) is 3. The number of rotatable bonds is 69. The third-order valence-corrected chi connectivity index (χ3v) is 17.4. The summed E-state index contributed by atoms with van der Waals surface area (Å²) in [6.07, 6.45) is 95.8. The van der Waals surface area contributed by atoms with Gasteiger partial charge in [0.15, 0.2) is 0 Å². The molecule has 0 saturated carbocycles. The highest BCUT2D eigenvalue weighted by molar-refractivity contribution is 5.76. The van der Waals surface area contributed by atoms with Crippen molar-refractivity contribution in [2.75, 3.05) is 6.61 Å². The van der Waals surface area contributed by atoms with E-state index in [0.29, 0.717) is 6.42 Å². The zero-order valence-corrected chi connectivity index (χ0v) is 53.7. The predicted molar refractivity (Wildman–Crippen MR) is 350 cm³/mol. The molecular formula is C74H145NO3. The highest BCUT2D eigenvalue weighted by Crippen LogP contribution is 2.20. The van der Waals surface area contributed by atoms with Gasteiger partial charge in [0.25, 0.3) is 0 Å². The Bertz CT molecular complexity index is 1150. The van der Waals surface area contributed by atoms with Gasteiger partial charge in [-0.3, -0.25) is 4.79 Å². The molecule has 3 N–H and O–H groups in total. The molecule has 0 aliphatic rings. The number of carbonyl (C=O) groups excluding carboxylic acids is 1. The minimum absolute atomic E-state index is 0.0537. The van der Waals surface area contributed by atoms with E-state index in [9.17, 15) is 15.0 Å². The normalized spacial score (nSPS) is 12.7. The van der Waals surface area contributed by atoms with E-state index in [0.717, 1.165) is 25.7 Å². The van der Waals surface area contributed by atoms with Crippen LogP contribution in [-0.4, -0.2) is 34.9 Å². The summed E-state index contributed by atoms with van der Waals surface area (Å²) < 4.78 is 0. The maximum atomic E-state index is 12.6. The minimum Gasteiger partial charge on any atom is -0.394 e. The van der Waals surface area contributed by atoms with Crippen LogP contribution in [0.2, 0.25) is 0 Å². The topological polar surface area (TPSA) is 69.6 Å². The second-order valence-corrected chi connectivity index (χ2v) is 25.4. The Labute approximate surface area is 491 Å². The Morgan fingerprint density at radius 3 is 0.705 bits per heavy atom. The van der Waals surface area contributed by atoms with Crippen molar-refractivity contribution in [1.29, 1.82) is 0 Å². The lowest BCUT2D eigenvalue weighted by molar-refractivity contribution is -0.123. The van der Waals surface area contributed by atoms with Crippen molar-refractivity contribution in [2.45, 2.75) is 437 Å². The summed E-state index contributed by atoms with van der Waals surface area (Å²) in [7, 11) is 0. The molecule has 464 valence electrons. The van der Waals surface area contributed by atoms with Crippen molar-refractivity contribution in [3.8, 4) is 0 Å². The van der Waals surface area contributed by atoms with E-state index in [-0.39, 0.29) is 12.5 Å². The Morgan fingerprint density at radius 1 is 0.295 bits per heavy atom. The first-order valence-corrected chi connectivity index (χ1v) is 36.6. The summed E-state index contributed by atoms with van der Waals surface area (Å²) in [5, 5.41) is 23.3. The van der Waals surface area contributed by atoms with E-state index in [1.165, 1.54) is 379 Å². The molecule has 0 radical (unpaired) electrons. The van der Waals surface area contributed by atoms with Crippen molar-refractivity contribution in [2.24, 2.45) is 0 Å². The van der Waals surface area contributed by atoms with E-state index in [1.54, 1.807) is 6.08 Å². The number of aliphatic hydroxyl groups excluding tert-OH is 2. The first-order chi connectivity index (χ1) is 38.7. The minimum atomic E-state index is -0.839. The van der Waals surface area contributed by atoms with Crippen LogP contribution >= 0.6 is 0 Å². The van der Waals surface area contributed by atoms with Crippen LogP contribution in [0, 0.1) is 0 Å². The molecule has 0 aromatic rings. The molecule has 2 unspecified atom stereocenters. The number of allylic oxidation sites excluding steroid dienone is 3. The molecule has 78 heavy (non-hydrogen) atoms. The quantitative estimate of drug-likeness (QED) is 0.0420. The van der Waals surface area contributed by atoms with Gasteiger partial charge in [0.05, 0.1) is 18.8 Å². The van der Waals surface area contributed by atoms with Gasteiger partial charge in [-0.1, -0.05) is 398 Å². The second-order valence-electron chi connectivity index (χ2n) is 25.4. The maximum absolute atomic E-state index is 12.6. The smallest absolute Gasteiger partial charge is 0.220 e. The highest BCUT2D eigenvalue weighted by Gasteiger charge is 2.18. The van der Waals surface area contributed by atoms with Gasteiger partial charge in [-0.2, -0.15) is 0 Å². The highest BCUT2D eigenvalue weighted by atomic mass is 16.3. The van der Waals surface area contributed by atoms with Gasteiger partial charge in [0.2, 0.25) is 5.91 Å². The zero-order valence-electron chi connectivity index (χ0n) is 53.7. The van der Waals surface area contributed by atoms with E-state index >= 15 is 0 Å². The summed E-state index contributed by atoms with van der Waals surface area (Å²) >= 11 is 0. The van der Waals surface area contributed by atoms with E-state index in [1.807, 2.05) is 6.08 Å².